The van der Waals surface area contributed by atoms with Gasteiger partial charge in [0.15, 0.2) is 5.82 Å². The summed E-state index contributed by atoms with van der Waals surface area (Å²) in [6.07, 6.45) is 8.44. The van der Waals surface area contributed by atoms with Crippen LogP contribution in [0.15, 0.2) is 22.0 Å². The van der Waals surface area contributed by atoms with Crippen molar-refractivity contribution < 1.29 is 9.32 Å². The molecule has 0 aromatic carbocycles. The van der Waals surface area contributed by atoms with Crippen LogP contribution >= 0.6 is 11.3 Å². The summed E-state index contributed by atoms with van der Waals surface area (Å²) in [6, 6.07) is 4.67. The average molecular weight is 375 g/mol. The lowest BCUT2D eigenvalue weighted by Crippen LogP contribution is -2.49. The molecule has 7 heteroatoms. The molecule has 0 bridgehead atoms. The minimum Gasteiger partial charge on any atom is -0.339 e. The zero-order valence-electron chi connectivity index (χ0n) is 15.0. The third-order valence-corrected chi connectivity index (χ3v) is 6.16. The second-order valence-corrected chi connectivity index (χ2v) is 8.30. The van der Waals surface area contributed by atoms with Gasteiger partial charge in [0, 0.05) is 36.3 Å². The van der Waals surface area contributed by atoms with Gasteiger partial charge in [-0.1, -0.05) is 11.2 Å². The molecule has 1 aliphatic carbocycles. The summed E-state index contributed by atoms with van der Waals surface area (Å²) in [5.41, 5.74) is 0. The fourth-order valence-electron chi connectivity index (χ4n) is 3.58. The van der Waals surface area contributed by atoms with E-state index in [0.29, 0.717) is 30.7 Å². The van der Waals surface area contributed by atoms with E-state index in [1.807, 2.05) is 4.90 Å². The average Bonchev–Trinajstić information content (AvgIpc) is 3.18. The molecule has 1 N–H and O–H groups in total. The maximum Gasteiger partial charge on any atom is 0.317 e. The normalized spacial score (nSPS) is 20.3. The largest absolute Gasteiger partial charge is 0.339 e. The Hall–Kier alpha value is -1.89. The van der Waals surface area contributed by atoms with Gasteiger partial charge in [0.2, 0.25) is 5.89 Å². The highest BCUT2D eigenvalue weighted by Crippen LogP contribution is 2.38. The third kappa shape index (κ3) is 4.44. The Morgan fingerprint density at radius 2 is 2.23 bits per heavy atom. The van der Waals surface area contributed by atoms with Gasteiger partial charge in [0.25, 0.3) is 0 Å². The molecule has 0 radical (unpaired) electrons. The van der Waals surface area contributed by atoms with Crippen LogP contribution in [-0.2, 0) is 12.8 Å². The van der Waals surface area contributed by atoms with Gasteiger partial charge >= 0.3 is 6.03 Å². The number of thiophene rings is 1. The molecular weight excluding hydrogens is 348 g/mol. The van der Waals surface area contributed by atoms with E-state index in [-0.39, 0.29) is 6.03 Å². The number of hydrogen-bond donors (Lipinski definition) is 1. The van der Waals surface area contributed by atoms with Gasteiger partial charge in [-0.05, 0) is 56.4 Å². The number of carbonyl (C=O) groups excluding carboxylic acids is 1. The highest BCUT2D eigenvalue weighted by molar-refractivity contribution is 7.09. The number of carbonyl (C=O) groups is 1. The van der Waals surface area contributed by atoms with Crippen molar-refractivity contribution in [1.29, 1.82) is 0 Å². The molecule has 3 heterocycles. The molecule has 1 saturated heterocycles. The summed E-state index contributed by atoms with van der Waals surface area (Å²) in [5.74, 6) is 1.93. The van der Waals surface area contributed by atoms with Crippen LogP contribution in [0.2, 0.25) is 0 Å². The van der Waals surface area contributed by atoms with Crippen LogP contribution in [0.1, 0.15) is 61.0 Å². The first-order chi connectivity index (χ1) is 12.8. The molecule has 1 saturated carbocycles. The van der Waals surface area contributed by atoms with Gasteiger partial charge in [0.1, 0.15) is 0 Å². The fraction of sp³-hybridized carbons (Fsp3) is 0.632. The highest BCUT2D eigenvalue weighted by Gasteiger charge is 2.30. The Balaban J connectivity index is 1.24. The first-order valence-corrected chi connectivity index (χ1v) is 10.6. The van der Waals surface area contributed by atoms with Crippen molar-refractivity contribution in [2.24, 2.45) is 0 Å². The van der Waals surface area contributed by atoms with E-state index in [0.717, 1.165) is 51.0 Å². The minimum absolute atomic E-state index is 0.0480. The van der Waals surface area contributed by atoms with Gasteiger partial charge in [0.05, 0.1) is 0 Å². The standard InChI is InChI=1S/C19H26N4O2S/c24-19(20-11-10-17-21-18(25-22-17)14-6-7-14)23-12-2-1-4-15(23)8-9-16-5-3-13-26-16/h3,5,13-15H,1-2,4,6-12H2,(H,20,24)/t15-/m0/s1. The molecule has 2 aliphatic rings. The van der Waals surface area contributed by atoms with E-state index >= 15 is 0 Å². The first kappa shape index (κ1) is 17.5. The number of rotatable bonds is 7. The smallest absolute Gasteiger partial charge is 0.317 e. The fourth-order valence-corrected chi connectivity index (χ4v) is 4.30. The molecule has 2 fully saturated rings. The van der Waals surface area contributed by atoms with Crippen LogP contribution in [0.25, 0.3) is 0 Å². The van der Waals surface area contributed by atoms with Crippen molar-refractivity contribution in [3.8, 4) is 0 Å². The Labute approximate surface area is 158 Å². The molecule has 2 amide bonds. The number of nitrogens with one attached hydrogen (secondary N) is 1. The van der Waals surface area contributed by atoms with Gasteiger partial charge in [-0.2, -0.15) is 4.98 Å². The lowest BCUT2D eigenvalue weighted by molar-refractivity contribution is 0.147. The van der Waals surface area contributed by atoms with Crippen LogP contribution in [0, 0.1) is 0 Å². The molecule has 1 atom stereocenters. The molecule has 1 aliphatic heterocycles. The zero-order valence-corrected chi connectivity index (χ0v) is 15.8. The van der Waals surface area contributed by atoms with Gasteiger partial charge in [-0.15, -0.1) is 11.3 Å². The molecular formula is C19H26N4O2S. The van der Waals surface area contributed by atoms with E-state index in [4.69, 9.17) is 4.52 Å². The lowest BCUT2D eigenvalue weighted by atomic mass is 9.98. The third-order valence-electron chi connectivity index (χ3n) is 5.23. The van der Waals surface area contributed by atoms with Crippen LogP contribution in [0.4, 0.5) is 4.79 Å². The number of nitrogens with zero attached hydrogens (tertiary/aromatic N) is 3. The van der Waals surface area contributed by atoms with Crippen molar-refractivity contribution in [2.45, 2.75) is 63.3 Å². The van der Waals surface area contributed by atoms with Crippen molar-refractivity contribution in [3.05, 3.63) is 34.1 Å². The second-order valence-electron chi connectivity index (χ2n) is 7.27. The Morgan fingerprint density at radius 1 is 1.31 bits per heavy atom. The van der Waals surface area contributed by atoms with E-state index in [9.17, 15) is 4.79 Å². The zero-order chi connectivity index (χ0) is 17.8. The van der Waals surface area contributed by atoms with E-state index < -0.39 is 0 Å². The summed E-state index contributed by atoms with van der Waals surface area (Å²) in [4.78, 5) is 20.5. The number of amides is 2. The Bertz CT molecular complexity index is 711. The number of aryl methyl sites for hydroxylation is 1. The maximum atomic E-state index is 12.6. The number of urea groups is 1. The van der Waals surface area contributed by atoms with Gasteiger partial charge < -0.3 is 14.7 Å². The number of likely N-dealkylation sites (tertiary alicyclic amines) is 1. The molecule has 4 rings (SSSR count). The van der Waals surface area contributed by atoms with Crippen LogP contribution in [0.3, 0.4) is 0 Å². The van der Waals surface area contributed by atoms with Crippen LogP contribution in [0.5, 0.6) is 0 Å². The molecule has 2 aromatic heterocycles. The molecule has 0 spiro atoms. The highest BCUT2D eigenvalue weighted by atomic mass is 32.1. The number of piperidine rings is 1. The number of aromatic nitrogens is 2. The van der Waals surface area contributed by atoms with Crippen molar-refractivity contribution in [3.63, 3.8) is 0 Å². The summed E-state index contributed by atoms with van der Waals surface area (Å²) < 4.78 is 5.26. The quantitative estimate of drug-likeness (QED) is 0.801. The first-order valence-electron chi connectivity index (χ1n) is 9.69. The topological polar surface area (TPSA) is 71.3 Å². The molecule has 6 nitrogen and oxygen atoms in total. The summed E-state index contributed by atoms with van der Waals surface area (Å²) >= 11 is 1.80. The van der Waals surface area contributed by atoms with Crippen molar-refractivity contribution >= 4 is 17.4 Å². The van der Waals surface area contributed by atoms with Crippen LogP contribution in [-0.4, -0.2) is 40.2 Å². The Kier molecular flexibility index (Phi) is 5.53. The molecule has 2 aromatic rings. The maximum absolute atomic E-state index is 12.6. The van der Waals surface area contributed by atoms with Gasteiger partial charge in [-0.3, -0.25) is 0 Å². The minimum atomic E-state index is 0.0480. The lowest BCUT2D eigenvalue weighted by Gasteiger charge is -2.35. The molecule has 140 valence electrons. The molecule has 0 unspecified atom stereocenters. The number of hydrogen-bond acceptors (Lipinski definition) is 5. The van der Waals surface area contributed by atoms with E-state index in [2.05, 4.69) is 33.0 Å². The summed E-state index contributed by atoms with van der Waals surface area (Å²) in [5, 5.41) is 9.17. The summed E-state index contributed by atoms with van der Waals surface area (Å²) in [6.45, 7) is 1.41. The summed E-state index contributed by atoms with van der Waals surface area (Å²) in [7, 11) is 0. The second kappa shape index (κ2) is 8.20. The predicted octanol–water partition coefficient (Wildman–Crippen LogP) is 3.75. The van der Waals surface area contributed by atoms with Crippen molar-refractivity contribution in [1.82, 2.24) is 20.4 Å². The van der Waals surface area contributed by atoms with Crippen LogP contribution < -0.4 is 5.32 Å². The monoisotopic (exact) mass is 374 g/mol. The Morgan fingerprint density at radius 3 is 3.04 bits per heavy atom. The SMILES string of the molecule is O=C(NCCc1noc(C2CC2)n1)N1CCCC[C@H]1CCc1cccs1. The van der Waals surface area contributed by atoms with E-state index in [1.165, 1.54) is 11.3 Å². The van der Waals surface area contributed by atoms with Gasteiger partial charge in [-0.25, -0.2) is 4.79 Å². The predicted molar refractivity (Wildman–Crippen MR) is 100 cm³/mol. The van der Waals surface area contributed by atoms with Crippen molar-refractivity contribution in [2.75, 3.05) is 13.1 Å². The molecule has 26 heavy (non-hydrogen) atoms. The van der Waals surface area contributed by atoms with E-state index in [1.54, 1.807) is 11.3 Å².